The van der Waals surface area contributed by atoms with Crippen molar-refractivity contribution < 1.29 is 22.7 Å². The number of alkyl halides is 1. The third-order valence-corrected chi connectivity index (χ3v) is 6.88. The van der Waals surface area contributed by atoms with Crippen LogP contribution in [-0.2, 0) is 10.0 Å². The summed E-state index contributed by atoms with van der Waals surface area (Å²) in [4.78, 5) is 19.2. The molecule has 10 heteroatoms. The Balaban J connectivity index is 1.74. The van der Waals surface area contributed by atoms with Crippen molar-refractivity contribution in [3.05, 3.63) is 47.7 Å². The molecule has 2 N–H and O–H groups in total. The maximum Gasteiger partial charge on any atom is 0.407 e. The van der Waals surface area contributed by atoms with E-state index in [-0.39, 0.29) is 16.9 Å². The van der Waals surface area contributed by atoms with Gasteiger partial charge in [-0.3, -0.25) is 9.11 Å². The first-order chi connectivity index (χ1) is 14.6. The van der Waals surface area contributed by atoms with Gasteiger partial charge in [-0.25, -0.2) is 18.2 Å². The van der Waals surface area contributed by atoms with Gasteiger partial charge in [0.2, 0.25) is 0 Å². The van der Waals surface area contributed by atoms with E-state index < -0.39 is 22.8 Å². The van der Waals surface area contributed by atoms with Crippen molar-refractivity contribution in [2.75, 3.05) is 35.9 Å². The lowest BCUT2D eigenvalue weighted by Crippen LogP contribution is -2.54. The third-order valence-electron chi connectivity index (χ3n) is 5.50. The van der Waals surface area contributed by atoms with Gasteiger partial charge in [-0.2, -0.15) is 0 Å². The standard InChI is InChI=1S/C21H27FN4O4S/c1-14(12-22)17-4-6-18(7-5-17)31(29,30)24-19-8-9-20(23-16(19)3)25-10-11-26(21(27)28)15(2)13-25/h4-9,14-15,24H,10-13H2,1-3H3,(H,27,28)/t14-,15+/m1/s1. The molecule has 0 saturated carbocycles. The highest BCUT2D eigenvalue weighted by molar-refractivity contribution is 7.92. The monoisotopic (exact) mass is 450 g/mol. The second-order valence-corrected chi connectivity index (χ2v) is 9.49. The van der Waals surface area contributed by atoms with Crippen LogP contribution in [0.25, 0.3) is 0 Å². The number of sulfonamides is 1. The van der Waals surface area contributed by atoms with Crippen LogP contribution in [0, 0.1) is 6.92 Å². The van der Waals surface area contributed by atoms with Crippen LogP contribution >= 0.6 is 0 Å². The summed E-state index contributed by atoms with van der Waals surface area (Å²) >= 11 is 0. The molecule has 0 spiro atoms. The van der Waals surface area contributed by atoms with Gasteiger partial charge < -0.3 is 14.9 Å². The summed E-state index contributed by atoms with van der Waals surface area (Å²) in [5.41, 5.74) is 1.61. The Labute approximate surface area is 181 Å². The summed E-state index contributed by atoms with van der Waals surface area (Å²) in [7, 11) is -3.82. The molecule has 2 heterocycles. The smallest absolute Gasteiger partial charge is 0.407 e. The van der Waals surface area contributed by atoms with Gasteiger partial charge in [0, 0.05) is 31.6 Å². The van der Waals surface area contributed by atoms with E-state index >= 15 is 0 Å². The third kappa shape index (κ3) is 5.07. The topological polar surface area (TPSA) is 103 Å². The average molecular weight is 451 g/mol. The number of carboxylic acid groups (broad SMARTS) is 1. The van der Waals surface area contributed by atoms with Gasteiger partial charge >= 0.3 is 6.09 Å². The molecule has 1 amide bonds. The minimum Gasteiger partial charge on any atom is -0.465 e. The number of piperazine rings is 1. The summed E-state index contributed by atoms with van der Waals surface area (Å²) in [6.07, 6.45) is -0.937. The molecule has 168 valence electrons. The van der Waals surface area contributed by atoms with Crippen molar-refractivity contribution >= 4 is 27.6 Å². The highest BCUT2D eigenvalue weighted by atomic mass is 32.2. The molecule has 1 fully saturated rings. The number of pyridine rings is 1. The number of rotatable bonds is 6. The lowest BCUT2D eigenvalue weighted by molar-refractivity contribution is 0.122. The molecular formula is C21H27FN4O4S. The number of halogens is 1. The quantitative estimate of drug-likeness (QED) is 0.699. The zero-order valence-corrected chi connectivity index (χ0v) is 18.6. The fraction of sp³-hybridized carbons (Fsp3) is 0.429. The summed E-state index contributed by atoms with van der Waals surface area (Å²) in [5.74, 6) is 0.380. The Morgan fingerprint density at radius 2 is 1.94 bits per heavy atom. The number of hydrogen-bond donors (Lipinski definition) is 2. The van der Waals surface area contributed by atoms with E-state index in [0.29, 0.717) is 36.8 Å². The summed E-state index contributed by atoms with van der Waals surface area (Å²) in [6.45, 7) is 6.18. The zero-order valence-electron chi connectivity index (χ0n) is 17.7. The largest absolute Gasteiger partial charge is 0.465 e. The minimum atomic E-state index is -3.82. The second kappa shape index (κ2) is 9.09. The molecule has 1 aliphatic heterocycles. The Hall–Kier alpha value is -2.88. The summed E-state index contributed by atoms with van der Waals surface area (Å²) in [6, 6.07) is 9.36. The number of aromatic nitrogens is 1. The zero-order chi connectivity index (χ0) is 22.8. The maximum absolute atomic E-state index is 12.8. The Morgan fingerprint density at radius 3 is 2.48 bits per heavy atom. The second-order valence-electron chi connectivity index (χ2n) is 7.80. The van der Waals surface area contributed by atoms with Gasteiger partial charge in [0.25, 0.3) is 10.0 Å². The van der Waals surface area contributed by atoms with Gasteiger partial charge in [-0.05, 0) is 43.7 Å². The van der Waals surface area contributed by atoms with Crippen LogP contribution in [-0.4, -0.2) is 61.9 Å². The van der Waals surface area contributed by atoms with Gasteiger partial charge in [0.15, 0.2) is 0 Å². The van der Waals surface area contributed by atoms with E-state index in [2.05, 4.69) is 9.71 Å². The molecule has 0 radical (unpaired) electrons. The predicted octanol–water partition coefficient (Wildman–Crippen LogP) is 3.45. The molecule has 8 nitrogen and oxygen atoms in total. The Bertz CT molecular complexity index is 1050. The fourth-order valence-electron chi connectivity index (χ4n) is 3.55. The number of hydrogen-bond acceptors (Lipinski definition) is 5. The minimum absolute atomic E-state index is 0.0874. The normalized spacial score (nSPS) is 18.0. The molecule has 2 atom stereocenters. The highest BCUT2D eigenvalue weighted by Gasteiger charge is 2.28. The van der Waals surface area contributed by atoms with Crippen LogP contribution in [0.4, 0.5) is 20.7 Å². The number of nitrogens with zero attached hydrogens (tertiary/aromatic N) is 3. The van der Waals surface area contributed by atoms with E-state index in [9.17, 15) is 22.7 Å². The molecule has 0 unspecified atom stereocenters. The predicted molar refractivity (Wildman–Crippen MR) is 117 cm³/mol. The number of aryl methyl sites for hydroxylation is 1. The first kappa shape index (κ1) is 22.8. The van der Waals surface area contributed by atoms with Gasteiger partial charge in [-0.1, -0.05) is 19.1 Å². The molecule has 2 aromatic rings. The molecule has 0 aliphatic carbocycles. The summed E-state index contributed by atoms with van der Waals surface area (Å²) < 4.78 is 40.9. The molecule has 1 aromatic carbocycles. The van der Waals surface area contributed by atoms with Gasteiger partial charge in [-0.15, -0.1) is 0 Å². The van der Waals surface area contributed by atoms with Crippen molar-refractivity contribution in [3.8, 4) is 0 Å². The number of nitrogens with one attached hydrogen (secondary N) is 1. The Morgan fingerprint density at radius 1 is 1.26 bits per heavy atom. The van der Waals surface area contributed by atoms with Crippen LogP contribution < -0.4 is 9.62 Å². The van der Waals surface area contributed by atoms with Crippen molar-refractivity contribution in [1.82, 2.24) is 9.88 Å². The van der Waals surface area contributed by atoms with Crippen molar-refractivity contribution in [2.24, 2.45) is 0 Å². The van der Waals surface area contributed by atoms with Crippen molar-refractivity contribution in [1.29, 1.82) is 0 Å². The Kier molecular flexibility index (Phi) is 6.68. The molecule has 1 aromatic heterocycles. The van der Waals surface area contributed by atoms with Crippen molar-refractivity contribution in [2.45, 2.75) is 37.6 Å². The van der Waals surface area contributed by atoms with Crippen LogP contribution in [0.1, 0.15) is 31.0 Å². The van der Waals surface area contributed by atoms with E-state index in [1.165, 1.54) is 17.0 Å². The van der Waals surface area contributed by atoms with Crippen LogP contribution in [0.2, 0.25) is 0 Å². The van der Waals surface area contributed by atoms with E-state index in [0.717, 1.165) is 5.56 Å². The van der Waals surface area contributed by atoms with E-state index in [1.807, 2.05) is 11.8 Å². The van der Waals surface area contributed by atoms with Crippen LogP contribution in [0.3, 0.4) is 0 Å². The first-order valence-corrected chi connectivity index (χ1v) is 11.5. The fourth-order valence-corrected chi connectivity index (χ4v) is 4.67. The average Bonchev–Trinajstić information content (AvgIpc) is 2.74. The maximum atomic E-state index is 12.8. The molecule has 0 bridgehead atoms. The highest BCUT2D eigenvalue weighted by Crippen LogP contribution is 2.25. The summed E-state index contributed by atoms with van der Waals surface area (Å²) in [5, 5.41) is 9.21. The lowest BCUT2D eigenvalue weighted by Gasteiger charge is -2.39. The number of carbonyl (C=O) groups is 1. The number of benzene rings is 1. The molecule has 3 rings (SSSR count). The van der Waals surface area contributed by atoms with Crippen molar-refractivity contribution in [3.63, 3.8) is 0 Å². The SMILES string of the molecule is Cc1nc(N2CCN(C(=O)O)[C@@H](C)C2)ccc1NS(=O)(=O)c1ccc([C@H](C)CF)cc1. The van der Waals surface area contributed by atoms with Gasteiger partial charge in [0.05, 0.1) is 23.0 Å². The molecule has 1 aliphatic rings. The van der Waals surface area contributed by atoms with Gasteiger partial charge in [0.1, 0.15) is 5.82 Å². The molecule has 31 heavy (non-hydrogen) atoms. The molecule has 1 saturated heterocycles. The molecular weight excluding hydrogens is 423 g/mol. The van der Waals surface area contributed by atoms with Crippen LogP contribution in [0.15, 0.2) is 41.3 Å². The number of anilines is 2. The first-order valence-electron chi connectivity index (χ1n) is 10.0. The van der Waals surface area contributed by atoms with E-state index in [4.69, 9.17) is 0 Å². The van der Waals surface area contributed by atoms with Crippen LogP contribution in [0.5, 0.6) is 0 Å². The number of amides is 1. The lowest BCUT2D eigenvalue weighted by atomic mass is 10.0. The van der Waals surface area contributed by atoms with E-state index in [1.54, 1.807) is 38.1 Å².